The summed E-state index contributed by atoms with van der Waals surface area (Å²) in [6, 6.07) is 0.891. The number of hydrogen-bond acceptors (Lipinski definition) is 2. The van der Waals surface area contributed by atoms with E-state index in [-0.39, 0.29) is 0 Å². The van der Waals surface area contributed by atoms with Gasteiger partial charge in [0.2, 0.25) is 0 Å². The van der Waals surface area contributed by atoms with E-state index in [1.54, 1.807) is 0 Å². The van der Waals surface area contributed by atoms with E-state index in [1.807, 2.05) is 0 Å². The number of rotatable bonds is 8. The second kappa shape index (κ2) is 7.38. The number of nitrogens with zero attached hydrogens (tertiary/aromatic N) is 1. The molecular formula is C15H30N2. The van der Waals surface area contributed by atoms with Crippen molar-refractivity contribution in [3.05, 3.63) is 0 Å². The predicted octanol–water partition coefficient (Wildman–Crippen LogP) is 3.03. The highest BCUT2D eigenvalue weighted by molar-refractivity contribution is 4.83. The summed E-state index contributed by atoms with van der Waals surface area (Å²) in [4.78, 5) is 2.68. The first-order valence-electron chi connectivity index (χ1n) is 7.84. The molecule has 2 nitrogen and oxygen atoms in total. The minimum absolute atomic E-state index is 0.891. The van der Waals surface area contributed by atoms with Gasteiger partial charge in [0.1, 0.15) is 0 Å². The van der Waals surface area contributed by atoms with Crippen molar-refractivity contribution in [3.8, 4) is 0 Å². The monoisotopic (exact) mass is 238 g/mol. The molecule has 2 aliphatic rings. The lowest BCUT2D eigenvalue weighted by Crippen LogP contribution is -2.38. The van der Waals surface area contributed by atoms with E-state index in [0.717, 1.165) is 12.0 Å². The van der Waals surface area contributed by atoms with Crippen molar-refractivity contribution >= 4 is 0 Å². The average molecular weight is 238 g/mol. The summed E-state index contributed by atoms with van der Waals surface area (Å²) in [5, 5.41) is 3.68. The van der Waals surface area contributed by atoms with Gasteiger partial charge in [-0.1, -0.05) is 26.2 Å². The molecule has 2 fully saturated rings. The van der Waals surface area contributed by atoms with Crippen LogP contribution in [0.5, 0.6) is 0 Å². The molecule has 100 valence electrons. The predicted molar refractivity (Wildman–Crippen MR) is 74.3 cm³/mol. The van der Waals surface area contributed by atoms with Gasteiger partial charge in [-0.15, -0.1) is 0 Å². The van der Waals surface area contributed by atoms with E-state index < -0.39 is 0 Å². The summed E-state index contributed by atoms with van der Waals surface area (Å²) in [5.41, 5.74) is 0. The zero-order chi connectivity index (χ0) is 11.9. The fraction of sp³-hybridized carbons (Fsp3) is 1.00. The Morgan fingerprint density at radius 2 is 1.76 bits per heavy atom. The second-order valence-electron chi connectivity index (χ2n) is 6.03. The molecule has 0 aromatic heterocycles. The van der Waals surface area contributed by atoms with Crippen molar-refractivity contribution in [2.75, 3.05) is 26.2 Å². The molecule has 2 heteroatoms. The number of hydrogen-bond donors (Lipinski definition) is 1. The second-order valence-corrected chi connectivity index (χ2v) is 6.03. The molecule has 1 heterocycles. The van der Waals surface area contributed by atoms with Crippen LogP contribution in [0.15, 0.2) is 0 Å². The first-order chi connectivity index (χ1) is 8.38. The van der Waals surface area contributed by atoms with E-state index >= 15 is 0 Å². The smallest absolute Gasteiger partial charge is 0.00683 e. The van der Waals surface area contributed by atoms with Crippen molar-refractivity contribution in [3.63, 3.8) is 0 Å². The van der Waals surface area contributed by atoms with E-state index in [0.29, 0.717) is 0 Å². The Balaban J connectivity index is 1.48. The molecule has 1 aliphatic heterocycles. The highest BCUT2D eigenvalue weighted by atomic mass is 15.1. The van der Waals surface area contributed by atoms with E-state index in [2.05, 4.69) is 17.1 Å². The Bertz CT molecular complexity index is 193. The van der Waals surface area contributed by atoms with Crippen LogP contribution < -0.4 is 5.32 Å². The topological polar surface area (TPSA) is 15.3 Å². The maximum atomic E-state index is 3.68. The summed E-state index contributed by atoms with van der Waals surface area (Å²) in [6.45, 7) is 7.63. The van der Waals surface area contributed by atoms with Gasteiger partial charge in [-0.3, -0.25) is 0 Å². The normalized spacial score (nSPS) is 23.1. The summed E-state index contributed by atoms with van der Waals surface area (Å²) in [5.74, 6) is 0.961. The van der Waals surface area contributed by atoms with Crippen LogP contribution in [-0.2, 0) is 0 Å². The van der Waals surface area contributed by atoms with Crippen LogP contribution in [0, 0.1) is 5.92 Å². The Morgan fingerprint density at radius 3 is 2.41 bits per heavy atom. The number of unbranched alkanes of at least 4 members (excludes halogenated alkanes) is 3. The number of nitrogens with one attached hydrogen (secondary N) is 1. The SMILES string of the molecule is CCCCCCN1CCC(CNC2CC2)CC1. The van der Waals surface area contributed by atoms with Gasteiger partial charge in [0.25, 0.3) is 0 Å². The molecule has 2 rings (SSSR count). The van der Waals surface area contributed by atoms with Crippen LogP contribution in [0.3, 0.4) is 0 Å². The first kappa shape index (κ1) is 13.4. The van der Waals surface area contributed by atoms with Gasteiger partial charge in [0.05, 0.1) is 0 Å². The van der Waals surface area contributed by atoms with Gasteiger partial charge in [0.15, 0.2) is 0 Å². The molecule has 1 N–H and O–H groups in total. The number of likely N-dealkylation sites (tertiary alicyclic amines) is 1. The Labute approximate surface area is 107 Å². The third kappa shape index (κ3) is 5.39. The standard InChI is InChI=1S/C15H30N2/c1-2-3-4-5-10-17-11-8-14(9-12-17)13-16-15-6-7-15/h14-16H,2-13H2,1H3. The van der Waals surface area contributed by atoms with Gasteiger partial charge in [0, 0.05) is 6.04 Å². The minimum atomic E-state index is 0.891. The fourth-order valence-corrected chi connectivity index (χ4v) is 2.80. The lowest BCUT2D eigenvalue weighted by atomic mass is 9.96. The lowest BCUT2D eigenvalue weighted by Gasteiger charge is -2.32. The third-order valence-electron chi connectivity index (χ3n) is 4.31. The molecule has 0 aromatic carbocycles. The van der Waals surface area contributed by atoms with Crippen LogP contribution >= 0.6 is 0 Å². The molecular weight excluding hydrogens is 208 g/mol. The van der Waals surface area contributed by atoms with Crippen molar-refractivity contribution in [2.45, 2.75) is 64.3 Å². The van der Waals surface area contributed by atoms with Gasteiger partial charge in [-0.25, -0.2) is 0 Å². The molecule has 1 saturated heterocycles. The maximum absolute atomic E-state index is 3.68. The molecule has 1 saturated carbocycles. The van der Waals surface area contributed by atoms with Crippen molar-refractivity contribution in [1.29, 1.82) is 0 Å². The van der Waals surface area contributed by atoms with Gasteiger partial charge in [-0.05, 0) is 64.2 Å². The summed E-state index contributed by atoms with van der Waals surface area (Å²) < 4.78 is 0. The summed E-state index contributed by atoms with van der Waals surface area (Å²) in [7, 11) is 0. The van der Waals surface area contributed by atoms with Crippen LogP contribution in [-0.4, -0.2) is 37.1 Å². The molecule has 17 heavy (non-hydrogen) atoms. The summed E-state index contributed by atoms with van der Waals surface area (Å²) in [6.07, 6.45) is 11.3. The zero-order valence-electron chi connectivity index (χ0n) is 11.6. The highest BCUT2D eigenvalue weighted by Crippen LogP contribution is 2.21. The third-order valence-corrected chi connectivity index (χ3v) is 4.31. The Morgan fingerprint density at radius 1 is 1.00 bits per heavy atom. The van der Waals surface area contributed by atoms with E-state index in [9.17, 15) is 0 Å². The largest absolute Gasteiger partial charge is 0.314 e. The first-order valence-corrected chi connectivity index (χ1v) is 7.84. The summed E-state index contributed by atoms with van der Waals surface area (Å²) >= 11 is 0. The molecule has 1 aliphatic carbocycles. The van der Waals surface area contributed by atoms with Crippen LogP contribution in [0.2, 0.25) is 0 Å². The molecule has 0 radical (unpaired) electrons. The van der Waals surface area contributed by atoms with Crippen LogP contribution in [0.1, 0.15) is 58.3 Å². The van der Waals surface area contributed by atoms with Crippen LogP contribution in [0.4, 0.5) is 0 Å². The number of piperidine rings is 1. The Kier molecular flexibility index (Phi) is 5.79. The van der Waals surface area contributed by atoms with E-state index in [1.165, 1.54) is 77.5 Å². The fourth-order valence-electron chi connectivity index (χ4n) is 2.80. The zero-order valence-corrected chi connectivity index (χ0v) is 11.6. The van der Waals surface area contributed by atoms with E-state index in [4.69, 9.17) is 0 Å². The Hall–Kier alpha value is -0.0800. The van der Waals surface area contributed by atoms with Crippen molar-refractivity contribution < 1.29 is 0 Å². The molecule has 0 atom stereocenters. The van der Waals surface area contributed by atoms with Gasteiger partial charge >= 0.3 is 0 Å². The highest BCUT2D eigenvalue weighted by Gasteiger charge is 2.23. The quantitative estimate of drug-likeness (QED) is 0.654. The molecule has 0 bridgehead atoms. The lowest BCUT2D eigenvalue weighted by molar-refractivity contribution is 0.179. The average Bonchev–Trinajstić information content (AvgIpc) is 3.18. The van der Waals surface area contributed by atoms with Gasteiger partial charge < -0.3 is 10.2 Å². The van der Waals surface area contributed by atoms with Crippen LogP contribution in [0.25, 0.3) is 0 Å². The molecule has 0 amide bonds. The van der Waals surface area contributed by atoms with Crippen molar-refractivity contribution in [2.24, 2.45) is 5.92 Å². The minimum Gasteiger partial charge on any atom is -0.314 e. The maximum Gasteiger partial charge on any atom is 0.00683 e. The molecule has 0 unspecified atom stereocenters. The van der Waals surface area contributed by atoms with Crippen molar-refractivity contribution in [1.82, 2.24) is 10.2 Å². The molecule has 0 aromatic rings. The van der Waals surface area contributed by atoms with Gasteiger partial charge in [-0.2, -0.15) is 0 Å². The molecule has 0 spiro atoms.